The largest absolute Gasteiger partial charge is 0.354 e. The molecular formula is C16H24N4OS. The van der Waals surface area contributed by atoms with Crippen molar-refractivity contribution in [1.82, 2.24) is 20.0 Å². The third-order valence-corrected chi connectivity index (χ3v) is 4.96. The van der Waals surface area contributed by atoms with E-state index in [1.807, 2.05) is 45.7 Å². The van der Waals surface area contributed by atoms with Crippen molar-refractivity contribution in [2.24, 2.45) is 7.05 Å². The minimum Gasteiger partial charge on any atom is -0.354 e. The van der Waals surface area contributed by atoms with E-state index in [0.717, 1.165) is 17.0 Å². The summed E-state index contributed by atoms with van der Waals surface area (Å²) in [5, 5.41) is 9.48. The first kappa shape index (κ1) is 16.7. The summed E-state index contributed by atoms with van der Waals surface area (Å²) in [4.78, 5) is 15.7. The van der Waals surface area contributed by atoms with E-state index in [4.69, 9.17) is 0 Å². The van der Waals surface area contributed by atoms with E-state index in [9.17, 15) is 4.79 Å². The minimum atomic E-state index is 0.0441. The van der Waals surface area contributed by atoms with Crippen LogP contribution in [0, 0.1) is 13.8 Å². The summed E-state index contributed by atoms with van der Waals surface area (Å²) in [5.74, 6) is 0.0441. The van der Waals surface area contributed by atoms with Crippen molar-refractivity contribution in [3.8, 4) is 0 Å². The van der Waals surface area contributed by atoms with Gasteiger partial charge in [0, 0.05) is 29.7 Å². The Morgan fingerprint density at radius 3 is 2.68 bits per heavy atom. The predicted molar refractivity (Wildman–Crippen MR) is 90.1 cm³/mol. The highest BCUT2D eigenvalue weighted by molar-refractivity contribution is 7.10. The maximum atomic E-state index is 12.3. The van der Waals surface area contributed by atoms with Gasteiger partial charge in [0.2, 0.25) is 5.91 Å². The van der Waals surface area contributed by atoms with Crippen molar-refractivity contribution in [2.45, 2.75) is 26.3 Å². The highest BCUT2D eigenvalue weighted by Crippen LogP contribution is 2.22. The van der Waals surface area contributed by atoms with Gasteiger partial charge in [-0.1, -0.05) is 6.07 Å². The van der Waals surface area contributed by atoms with Crippen LogP contribution in [0.15, 0.2) is 17.5 Å². The SMILES string of the molecule is Cc1nn(C)c(C)c1CC(=O)NCC(c1cccs1)N(C)C. The number of rotatable bonds is 6. The summed E-state index contributed by atoms with van der Waals surface area (Å²) >= 11 is 1.72. The number of aryl methyl sites for hydroxylation is 2. The fraction of sp³-hybridized carbons (Fsp3) is 0.500. The second kappa shape index (κ2) is 7.07. The van der Waals surface area contributed by atoms with E-state index in [-0.39, 0.29) is 11.9 Å². The van der Waals surface area contributed by atoms with Gasteiger partial charge in [0.15, 0.2) is 0 Å². The van der Waals surface area contributed by atoms with Gasteiger partial charge in [0.1, 0.15) is 0 Å². The molecule has 0 aliphatic heterocycles. The first-order valence-electron chi connectivity index (χ1n) is 7.35. The van der Waals surface area contributed by atoms with Crippen LogP contribution in [0.25, 0.3) is 0 Å². The second-order valence-electron chi connectivity index (χ2n) is 5.75. The Hall–Kier alpha value is -1.66. The van der Waals surface area contributed by atoms with E-state index >= 15 is 0 Å². The van der Waals surface area contributed by atoms with Gasteiger partial charge in [-0.3, -0.25) is 9.48 Å². The summed E-state index contributed by atoms with van der Waals surface area (Å²) in [6, 6.07) is 4.36. The number of carbonyl (C=O) groups excluding carboxylic acids is 1. The summed E-state index contributed by atoms with van der Waals surface area (Å²) in [7, 11) is 5.97. The van der Waals surface area contributed by atoms with Crippen molar-refractivity contribution >= 4 is 17.2 Å². The molecule has 2 aromatic heterocycles. The van der Waals surface area contributed by atoms with Crippen molar-refractivity contribution in [3.05, 3.63) is 39.3 Å². The van der Waals surface area contributed by atoms with Crippen LogP contribution in [0.4, 0.5) is 0 Å². The molecule has 2 aromatic rings. The molecular weight excluding hydrogens is 296 g/mol. The molecule has 1 unspecified atom stereocenters. The Labute approximate surface area is 135 Å². The Balaban J connectivity index is 1.97. The zero-order valence-electron chi connectivity index (χ0n) is 13.9. The molecule has 0 bridgehead atoms. The van der Waals surface area contributed by atoms with Gasteiger partial charge in [-0.2, -0.15) is 5.10 Å². The average molecular weight is 320 g/mol. The van der Waals surface area contributed by atoms with Gasteiger partial charge in [0.25, 0.3) is 0 Å². The number of nitrogens with zero attached hydrogens (tertiary/aromatic N) is 3. The van der Waals surface area contributed by atoms with E-state index in [1.165, 1.54) is 4.88 Å². The van der Waals surface area contributed by atoms with Gasteiger partial charge in [-0.15, -0.1) is 11.3 Å². The van der Waals surface area contributed by atoms with Crippen LogP contribution in [-0.4, -0.2) is 41.2 Å². The molecule has 6 heteroatoms. The smallest absolute Gasteiger partial charge is 0.224 e. The first-order valence-corrected chi connectivity index (χ1v) is 8.23. The number of hydrogen-bond acceptors (Lipinski definition) is 4. The van der Waals surface area contributed by atoms with Crippen molar-refractivity contribution in [2.75, 3.05) is 20.6 Å². The number of likely N-dealkylation sites (N-methyl/N-ethyl adjacent to an activating group) is 1. The zero-order chi connectivity index (χ0) is 16.3. The van der Waals surface area contributed by atoms with Crippen LogP contribution in [0.1, 0.15) is 27.9 Å². The quantitative estimate of drug-likeness (QED) is 0.886. The zero-order valence-corrected chi connectivity index (χ0v) is 14.7. The normalized spacial score (nSPS) is 12.6. The third-order valence-electron chi connectivity index (χ3n) is 3.98. The summed E-state index contributed by atoms with van der Waals surface area (Å²) in [5.41, 5.74) is 3.00. The van der Waals surface area contributed by atoms with Crippen molar-refractivity contribution in [3.63, 3.8) is 0 Å². The molecule has 2 heterocycles. The molecule has 0 aromatic carbocycles. The maximum absolute atomic E-state index is 12.3. The first-order chi connectivity index (χ1) is 10.4. The molecule has 5 nitrogen and oxygen atoms in total. The van der Waals surface area contributed by atoms with Crippen LogP contribution in [0.2, 0.25) is 0 Å². The monoisotopic (exact) mass is 320 g/mol. The summed E-state index contributed by atoms with van der Waals surface area (Å²) in [6.45, 7) is 4.56. The average Bonchev–Trinajstić information content (AvgIpc) is 3.04. The van der Waals surface area contributed by atoms with E-state index in [1.54, 1.807) is 11.3 Å². The topological polar surface area (TPSA) is 50.2 Å². The van der Waals surface area contributed by atoms with Crippen LogP contribution < -0.4 is 5.32 Å². The van der Waals surface area contributed by atoms with Crippen molar-refractivity contribution in [1.29, 1.82) is 0 Å². The molecule has 0 aliphatic rings. The van der Waals surface area contributed by atoms with Crippen LogP contribution in [0.3, 0.4) is 0 Å². The van der Waals surface area contributed by atoms with Gasteiger partial charge in [-0.25, -0.2) is 0 Å². The molecule has 1 amide bonds. The van der Waals surface area contributed by atoms with Gasteiger partial charge >= 0.3 is 0 Å². The van der Waals surface area contributed by atoms with E-state index < -0.39 is 0 Å². The lowest BCUT2D eigenvalue weighted by molar-refractivity contribution is -0.120. The number of aromatic nitrogens is 2. The van der Waals surface area contributed by atoms with Crippen LogP contribution >= 0.6 is 11.3 Å². The van der Waals surface area contributed by atoms with Crippen molar-refractivity contribution < 1.29 is 4.79 Å². The summed E-state index contributed by atoms with van der Waals surface area (Å²) in [6.07, 6.45) is 0.385. The fourth-order valence-corrected chi connectivity index (χ4v) is 3.45. The maximum Gasteiger partial charge on any atom is 0.224 e. The fourth-order valence-electron chi connectivity index (χ4n) is 2.53. The highest BCUT2D eigenvalue weighted by Gasteiger charge is 2.18. The minimum absolute atomic E-state index is 0.0441. The lowest BCUT2D eigenvalue weighted by atomic mass is 10.1. The van der Waals surface area contributed by atoms with Crippen LogP contribution in [0.5, 0.6) is 0 Å². The molecule has 120 valence electrons. The molecule has 0 saturated heterocycles. The lowest BCUT2D eigenvalue weighted by Gasteiger charge is -2.23. The molecule has 0 fully saturated rings. The number of thiophene rings is 1. The summed E-state index contributed by atoms with van der Waals surface area (Å²) < 4.78 is 1.83. The molecule has 2 rings (SSSR count). The number of carbonyl (C=O) groups is 1. The standard InChI is InChI=1S/C16H24N4OS/c1-11-13(12(2)20(5)18-11)9-16(21)17-10-14(19(3)4)15-7-6-8-22-15/h6-8,14H,9-10H2,1-5H3,(H,17,21). The highest BCUT2D eigenvalue weighted by atomic mass is 32.1. The Morgan fingerprint density at radius 2 is 2.18 bits per heavy atom. The number of nitrogens with one attached hydrogen (secondary N) is 1. The third kappa shape index (κ3) is 3.75. The van der Waals surface area contributed by atoms with E-state index in [2.05, 4.69) is 26.8 Å². The molecule has 0 saturated carbocycles. The number of hydrogen-bond donors (Lipinski definition) is 1. The lowest BCUT2D eigenvalue weighted by Crippen LogP contribution is -2.35. The molecule has 0 aliphatic carbocycles. The van der Waals surface area contributed by atoms with Gasteiger partial charge in [0.05, 0.1) is 18.2 Å². The Kier molecular flexibility index (Phi) is 5.37. The Morgan fingerprint density at radius 1 is 1.45 bits per heavy atom. The van der Waals surface area contributed by atoms with Gasteiger partial charge in [-0.05, 0) is 39.4 Å². The Bertz CT molecular complexity index is 631. The predicted octanol–water partition coefficient (Wildman–Crippen LogP) is 2.06. The molecule has 1 atom stereocenters. The van der Waals surface area contributed by atoms with Crippen LogP contribution in [-0.2, 0) is 18.3 Å². The number of amides is 1. The molecule has 0 radical (unpaired) electrons. The second-order valence-corrected chi connectivity index (χ2v) is 6.73. The molecule has 0 spiro atoms. The van der Waals surface area contributed by atoms with Gasteiger partial charge < -0.3 is 10.2 Å². The van der Waals surface area contributed by atoms with E-state index in [0.29, 0.717) is 13.0 Å². The molecule has 22 heavy (non-hydrogen) atoms. The molecule has 1 N–H and O–H groups in total.